The largest absolute Gasteiger partial charge is 0.480 e. The Kier molecular flexibility index (Phi) is 15.3. The first-order chi connectivity index (χ1) is 10.7. The molecule has 2 nitrogen and oxygen atoms in total. The Balaban J connectivity index is 3.56. The molecule has 1 atom stereocenters. The van der Waals surface area contributed by atoms with Gasteiger partial charge in [0.25, 0.3) is 0 Å². The first kappa shape index (κ1) is 20.8. The van der Waals surface area contributed by atoms with Gasteiger partial charge in [0.05, 0.1) is 0 Å². The van der Waals surface area contributed by atoms with Gasteiger partial charge in [0, 0.05) is 0 Å². The summed E-state index contributed by atoms with van der Waals surface area (Å²) in [5, 5.41) is 8.66. The van der Waals surface area contributed by atoms with E-state index in [4.69, 9.17) is 5.11 Å². The van der Waals surface area contributed by atoms with Crippen LogP contribution in [0.4, 0.5) is 0 Å². The number of carbonyl (C=O) groups is 1. The minimum Gasteiger partial charge on any atom is -0.480 e. The van der Waals surface area contributed by atoms with Crippen LogP contribution in [0.5, 0.6) is 0 Å². The number of aliphatic carboxylic acids is 1. The third-order valence-corrected chi connectivity index (χ3v) is 4.38. The molecule has 0 heterocycles. The second kappa shape index (κ2) is 16.2. The van der Waals surface area contributed by atoms with Crippen LogP contribution in [0, 0.1) is 0 Å². The molecule has 0 bridgehead atoms. The van der Waals surface area contributed by atoms with E-state index in [9.17, 15) is 4.79 Å². The summed E-state index contributed by atoms with van der Waals surface area (Å²) in [6, 6.07) is 0. The highest BCUT2D eigenvalue weighted by molar-refractivity contribution is 8.00. The molecule has 0 saturated heterocycles. The monoisotopic (exact) mass is 322 g/mol. The van der Waals surface area contributed by atoms with Crippen LogP contribution in [0.3, 0.4) is 0 Å². The van der Waals surface area contributed by atoms with Crippen molar-refractivity contribution in [2.24, 2.45) is 0 Å². The molecule has 1 N–H and O–H groups in total. The molecule has 0 aromatic carbocycles. The molecule has 124 valence electrons. The lowest BCUT2D eigenvalue weighted by Gasteiger charge is -2.07. The Morgan fingerprint density at radius 3 is 1.86 bits per heavy atom. The average molecular weight is 323 g/mol. The summed E-state index contributed by atoms with van der Waals surface area (Å²) in [7, 11) is 0. The molecule has 0 aromatic heterocycles. The van der Waals surface area contributed by atoms with Crippen molar-refractivity contribution in [2.45, 2.75) is 57.6 Å². The summed E-state index contributed by atoms with van der Waals surface area (Å²) in [5.74, 6) is 0.177. The van der Waals surface area contributed by atoms with Crippen LogP contribution in [-0.2, 0) is 4.79 Å². The Labute approximate surface area is 140 Å². The summed E-state index contributed by atoms with van der Waals surface area (Å²) in [4.78, 5) is 10.8. The van der Waals surface area contributed by atoms with E-state index in [2.05, 4.69) is 55.5 Å². The number of carboxylic acid groups (broad SMARTS) is 1. The van der Waals surface area contributed by atoms with Crippen molar-refractivity contribution in [3.05, 3.63) is 48.6 Å². The van der Waals surface area contributed by atoms with Gasteiger partial charge in [-0.25, -0.2) is 0 Å². The zero-order valence-electron chi connectivity index (χ0n) is 13.9. The van der Waals surface area contributed by atoms with Gasteiger partial charge in [0.1, 0.15) is 5.25 Å². The van der Waals surface area contributed by atoms with E-state index in [0.717, 1.165) is 37.9 Å². The Morgan fingerprint density at radius 2 is 1.41 bits per heavy atom. The van der Waals surface area contributed by atoms with Crippen LogP contribution in [0.1, 0.15) is 52.4 Å². The van der Waals surface area contributed by atoms with Crippen LogP contribution in [0.2, 0.25) is 0 Å². The molecular formula is C19H30O2S. The summed E-state index contributed by atoms with van der Waals surface area (Å²) < 4.78 is 0. The van der Waals surface area contributed by atoms with Gasteiger partial charge in [-0.15, -0.1) is 11.8 Å². The second-order valence-electron chi connectivity index (χ2n) is 4.90. The molecule has 0 aliphatic rings. The molecule has 0 aliphatic heterocycles. The van der Waals surface area contributed by atoms with E-state index < -0.39 is 5.97 Å². The van der Waals surface area contributed by atoms with Crippen LogP contribution >= 0.6 is 11.8 Å². The topological polar surface area (TPSA) is 37.3 Å². The standard InChI is InChI=1S/C19H30O2S/c1-3-5-6-7-8-9-10-11-12-13-14-15-16-17-22-18(4-2)19(20)21/h5-6,8-9,11-12,14-15,18H,3-4,7,10,13,16-17H2,1-2H3,(H,20,21). The minimum atomic E-state index is -0.697. The maximum absolute atomic E-state index is 10.8. The van der Waals surface area contributed by atoms with Crippen molar-refractivity contribution in [2.75, 3.05) is 5.75 Å². The summed E-state index contributed by atoms with van der Waals surface area (Å²) in [6.45, 7) is 4.06. The minimum absolute atomic E-state index is 0.257. The van der Waals surface area contributed by atoms with Gasteiger partial charge in [-0.05, 0) is 44.3 Å². The SMILES string of the molecule is CCC=CCC=CCC=CCC=CCCSC(CC)C(=O)O. The van der Waals surface area contributed by atoms with Crippen molar-refractivity contribution < 1.29 is 9.90 Å². The van der Waals surface area contributed by atoms with Gasteiger partial charge in [-0.2, -0.15) is 0 Å². The van der Waals surface area contributed by atoms with E-state index in [-0.39, 0.29) is 5.25 Å². The van der Waals surface area contributed by atoms with Crippen molar-refractivity contribution in [3.8, 4) is 0 Å². The van der Waals surface area contributed by atoms with Gasteiger partial charge in [-0.3, -0.25) is 4.79 Å². The number of thioether (sulfide) groups is 1. The molecule has 0 radical (unpaired) electrons. The molecule has 0 amide bonds. The first-order valence-electron chi connectivity index (χ1n) is 8.16. The highest BCUT2D eigenvalue weighted by atomic mass is 32.2. The molecule has 1 unspecified atom stereocenters. The number of hydrogen-bond donors (Lipinski definition) is 1. The van der Waals surface area contributed by atoms with E-state index in [1.165, 1.54) is 11.8 Å². The molecular weight excluding hydrogens is 292 g/mol. The molecule has 0 spiro atoms. The number of hydrogen-bond acceptors (Lipinski definition) is 2. The average Bonchev–Trinajstić information content (AvgIpc) is 2.51. The van der Waals surface area contributed by atoms with E-state index in [1.807, 2.05) is 6.92 Å². The fourth-order valence-electron chi connectivity index (χ4n) is 1.74. The lowest BCUT2D eigenvalue weighted by molar-refractivity contribution is -0.136. The number of rotatable bonds is 13. The summed E-state index contributed by atoms with van der Waals surface area (Å²) in [5.41, 5.74) is 0. The smallest absolute Gasteiger partial charge is 0.316 e. The highest BCUT2D eigenvalue weighted by Crippen LogP contribution is 2.15. The zero-order chi connectivity index (χ0) is 16.5. The summed E-state index contributed by atoms with van der Waals surface area (Å²) in [6.07, 6.45) is 23.1. The third-order valence-electron chi connectivity index (χ3n) is 2.97. The first-order valence-corrected chi connectivity index (χ1v) is 9.21. The molecule has 0 saturated carbocycles. The quantitative estimate of drug-likeness (QED) is 0.345. The van der Waals surface area contributed by atoms with Crippen LogP contribution in [0.15, 0.2) is 48.6 Å². The van der Waals surface area contributed by atoms with Crippen molar-refractivity contribution >= 4 is 17.7 Å². The Morgan fingerprint density at radius 1 is 0.909 bits per heavy atom. The van der Waals surface area contributed by atoms with Crippen molar-refractivity contribution in [1.82, 2.24) is 0 Å². The van der Waals surface area contributed by atoms with Gasteiger partial charge in [-0.1, -0.05) is 62.5 Å². The fourth-order valence-corrected chi connectivity index (χ4v) is 2.67. The third kappa shape index (κ3) is 13.7. The predicted octanol–water partition coefficient (Wildman–Crippen LogP) is 5.78. The van der Waals surface area contributed by atoms with Gasteiger partial charge < -0.3 is 5.11 Å². The molecule has 0 aromatic rings. The van der Waals surface area contributed by atoms with Crippen LogP contribution in [-0.4, -0.2) is 22.1 Å². The molecule has 0 fully saturated rings. The van der Waals surface area contributed by atoms with Crippen LogP contribution < -0.4 is 0 Å². The number of allylic oxidation sites excluding steroid dienone is 8. The predicted molar refractivity (Wildman–Crippen MR) is 99.5 cm³/mol. The fraction of sp³-hybridized carbons (Fsp3) is 0.526. The van der Waals surface area contributed by atoms with Gasteiger partial charge >= 0.3 is 5.97 Å². The molecule has 22 heavy (non-hydrogen) atoms. The molecule has 0 aliphatic carbocycles. The highest BCUT2D eigenvalue weighted by Gasteiger charge is 2.13. The molecule has 0 rings (SSSR count). The van der Waals surface area contributed by atoms with E-state index >= 15 is 0 Å². The van der Waals surface area contributed by atoms with Crippen molar-refractivity contribution in [3.63, 3.8) is 0 Å². The Hall–Kier alpha value is -1.22. The molecule has 3 heteroatoms. The van der Waals surface area contributed by atoms with Gasteiger partial charge in [0.15, 0.2) is 0 Å². The van der Waals surface area contributed by atoms with Gasteiger partial charge in [0.2, 0.25) is 0 Å². The maximum Gasteiger partial charge on any atom is 0.316 e. The lowest BCUT2D eigenvalue weighted by atomic mass is 10.2. The normalized spacial score (nSPS) is 13.9. The van der Waals surface area contributed by atoms with Crippen molar-refractivity contribution in [1.29, 1.82) is 0 Å². The maximum atomic E-state index is 10.8. The second-order valence-corrected chi connectivity index (χ2v) is 6.21. The van der Waals surface area contributed by atoms with E-state index in [1.54, 1.807) is 0 Å². The Bertz CT molecular complexity index is 381. The lowest BCUT2D eigenvalue weighted by Crippen LogP contribution is -2.15. The zero-order valence-corrected chi connectivity index (χ0v) is 14.7. The number of carboxylic acids is 1. The van der Waals surface area contributed by atoms with E-state index in [0.29, 0.717) is 6.42 Å². The van der Waals surface area contributed by atoms with Crippen LogP contribution in [0.25, 0.3) is 0 Å². The summed E-state index contributed by atoms with van der Waals surface area (Å²) >= 11 is 1.53.